The highest BCUT2D eigenvalue weighted by Crippen LogP contribution is 2.24. The molecule has 0 saturated carbocycles. The van der Waals surface area contributed by atoms with Gasteiger partial charge in [-0.15, -0.1) is 0 Å². The summed E-state index contributed by atoms with van der Waals surface area (Å²) in [4.78, 5) is 24.5. The number of ether oxygens (including phenoxy) is 3. The Bertz CT molecular complexity index is 789. The lowest BCUT2D eigenvalue weighted by Crippen LogP contribution is -2.24. The van der Waals surface area contributed by atoms with Gasteiger partial charge in [-0.25, -0.2) is 4.79 Å². The maximum atomic E-state index is 12.3. The molecule has 0 spiro atoms. The molecule has 1 atom stereocenters. The van der Waals surface area contributed by atoms with E-state index in [2.05, 4.69) is 4.74 Å². The number of carbonyl (C=O) groups is 2. The fourth-order valence-electron chi connectivity index (χ4n) is 2.12. The fourth-order valence-corrected chi connectivity index (χ4v) is 2.12. The Morgan fingerprint density at radius 2 is 1.65 bits per heavy atom. The molecule has 0 heterocycles. The Balaban J connectivity index is 2.08. The molecule has 0 bridgehead atoms. The van der Waals surface area contributed by atoms with Gasteiger partial charge in [0.1, 0.15) is 22.8 Å². The first-order valence-corrected chi connectivity index (χ1v) is 7.49. The Morgan fingerprint density at radius 1 is 1.04 bits per heavy atom. The number of aromatic hydroxyl groups is 1. The zero-order chi connectivity index (χ0) is 19.3. The van der Waals surface area contributed by atoms with Gasteiger partial charge < -0.3 is 19.3 Å². The third-order valence-corrected chi connectivity index (χ3v) is 3.44. The van der Waals surface area contributed by atoms with Gasteiger partial charge in [-0.05, 0) is 49.4 Å². The quantitative estimate of drug-likeness (QED) is 0.597. The molecule has 0 amide bonds. The van der Waals surface area contributed by atoms with Crippen LogP contribution in [0.5, 0.6) is 17.2 Å². The van der Waals surface area contributed by atoms with Crippen LogP contribution in [-0.4, -0.2) is 36.7 Å². The number of alkyl halides is 2. The average molecular weight is 366 g/mol. The Labute approximate surface area is 147 Å². The summed E-state index contributed by atoms with van der Waals surface area (Å²) in [5, 5.41) is 9.76. The molecule has 0 aliphatic rings. The van der Waals surface area contributed by atoms with Crippen molar-refractivity contribution in [2.75, 3.05) is 7.11 Å². The van der Waals surface area contributed by atoms with Crippen molar-refractivity contribution < 1.29 is 37.7 Å². The van der Waals surface area contributed by atoms with E-state index in [0.29, 0.717) is 5.75 Å². The van der Waals surface area contributed by atoms with Crippen molar-refractivity contribution in [2.24, 2.45) is 0 Å². The first kappa shape index (κ1) is 19.2. The molecule has 0 radical (unpaired) electrons. The maximum Gasteiger partial charge on any atom is 0.387 e. The van der Waals surface area contributed by atoms with Crippen LogP contribution in [0, 0.1) is 0 Å². The predicted molar refractivity (Wildman–Crippen MR) is 86.9 cm³/mol. The van der Waals surface area contributed by atoms with Crippen LogP contribution in [0.15, 0.2) is 42.5 Å². The van der Waals surface area contributed by atoms with E-state index in [-0.39, 0.29) is 22.6 Å². The van der Waals surface area contributed by atoms with Gasteiger partial charge in [0.2, 0.25) is 5.78 Å². The molecule has 6 nitrogen and oxygen atoms in total. The zero-order valence-electron chi connectivity index (χ0n) is 13.9. The summed E-state index contributed by atoms with van der Waals surface area (Å²) in [7, 11) is 1.40. The molecule has 0 aromatic heterocycles. The van der Waals surface area contributed by atoms with E-state index < -0.39 is 24.5 Å². The van der Waals surface area contributed by atoms with E-state index in [1.54, 1.807) is 0 Å². The molecule has 2 aromatic rings. The molecule has 138 valence electrons. The van der Waals surface area contributed by atoms with Crippen LogP contribution in [0.1, 0.15) is 27.6 Å². The van der Waals surface area contributed by atoms with Crippen LogP contribution in [0.4, 0.5) is 8.78 Å². The number of methoxy groups -OCH3 is 1. The van der Waals surface area contributed by atoms with Crippen molar-refractivity contribution >= 4 is 11.8 Å². The van der Waals surface area contributed by atoms with Crippen molar-refractivity contribution in [3.8, 4) is 17.2 Å². The predicted octanol–water partition coefficient (Wildman–Crippen LogP) is 3.43. The minimum atomic E-state index is -2.97. The minimum absolute atomic E-state index is 0.0949. The number of phenolic OH excluding ortho intramolecular Hbond substituents is 1. The van der Waals surface area contributed by atoms with Gasteiger partial charge in [-0.1, -0.05) is 0 Å². The minimum Gasteiger partial charge on any atom is -0.507 e. The fraction of sp³-hybridized carbons (Fsp3) is 0.222. The number of benzene rings is 2. The molecule has 2 aromatic carbocycles. The van der Waals surface area contributed by atoms with Gasteiger partial charge in [0, 0.05) is 5.56 Å². The molecule has 1 N–H and O–H groups in total. The maximum absolute atomic E-state index is 12.3. The topological polar surface area (TPSA) is 82.1 Å². The SMILES string of the molecule is COc1ccc(O)c(C(=O)O[C@H](C)C(=O)c2ccc(OC(F)F)cc2)c1. The highest BCUT2D eigenvalue weighted by molar-refractivity contribution is 6.02. The van der Waals surface area contributed by atoms with Gasteiger partial charge >= 0.3 is 12.6 Å². The van der Waals surface area contributed by atoms with Crippen molar-refractivity contribution in [3.05, 3.63) is 53.6 Å². The highest BCUT2D eigenvalue weighted by atomic mass is 19.3. The van der Waals surface area contributed by atoms with Crippen molar-refractivity contribution in [1.82, 2.24) is 0 Å². The normalized spacial score (nSPS) is 11.7. The van der Waals surface area contributed by atoms with Crippen LogP contribution < -0.4 is 9.47 Å². The lowest BCUT2D eigenvalue weighted by Gasteiger charge is -2.14. The summed E-state index contributed by atoms with van der Waals surface area (Å²) in [6.07, 6.45) is -1.16. The second kappa shape index (κ2) is 8.28. The Hall–Kier alpha value is -3.16. The molecular formula is C18H16F2O6. The Morgan fingerprint density at radius 3 is 2.23 bits per heavy atom. The van der Waals surface area contributed by atoms with E-state index in [4.69, 9.17) is 9.47 Å². The number of hydrogen-bond donors (Lipinski definition) is 1. The number of rotatable bonds is 7. The molecule has 2 rings (SSSR count). The molecule has 8 heteroatoms. The first-order chi connectivity index (χ1) is 12.3. The summed E-state index contributed by atoms with van der Waals surface area (Å²) in [5.41, 5.74) is 0.00598. The summed E-state index contributed by atoms with van der Waals surface area (Å²) in [6, 6.07) is 9.00. The standard InChI is InChI=1S/C18H16F2O6/c1-10(16(22)11-3-5-12(6-4-11)26-18(19)20)25-17(23)14-9-13(24-2)7-8-15(14)21/h3-10,18,21H,1-2H3/t10-/m1/s1. The smallest absolute Gasteiger partial charge is 0.387 e. The third-order valence-electron chi connectivity index (χ3n) is 3.44. The Kier molecular flexibility index (Phi) is 6.11. The number of hydrogen-bond acceptors (Lipinski definition) is 6. The third kappa shape index (κ3) is 4.69. The van der Waals surface area contributed by atoms with Gasteiger partial charge in [0.25, 0.3) is 0 Å². The van der Waals surface area contributed by atoms with E-state index in [0.717, 1.165) is 0 Å². The van der Waals surface area contributed by atoms with Gasteiger partial charge in [-0.3, -0.25) is 4.79 Å². The number of esters is 1. The molecule has 0 saturated heterocycles. The molecular weight excluding hydrogens is 350 g/mol. The van der Waals surface area contributed by atoms with E-state index in [9.17, 15) is 23.5 Å². The lowest BCUT2D eigenvalue weighted by atomic mass is 10.1. The second-order valence-electron chi connectivity index (χ2n) is 5.20. The molecule has 0 aliphatic heterocycles. The van der Waals surface area contributed by atoms with Gasteiger partial charge in [-0.2, -0.15) is 8.78 Å². The van der Waals surface area contributed by atoms with Crippen LogP contribution >= 0.6 is 0 Å². The van der Waals surface area contributed by atoms with Crippen molar-refractivity contribution in [1.29, 1.82) is 0 Å². The van der Waals surface area contributed by atoms with Crippen molar-refractivity contribution in [3.63, 3.8) is 0 Å². The van der Waals surface area contributed by atoms with E-state index >= 15 is 0 Å². The molecule has 0 aliphatic carbocycles. The molecule has 26 heavy (non-hydrogen) atoms. The average Bonchev–Trinajstić information content (AvgIpc) is 2.61. The van der Waals surface area contributed by atoms with Crippen molar-refractivity contribution in [2.45, 2.75) is 19.6 Å². The van der Waals surface area contributed by atoms with Gasteiger partial charge in [0.05, 0.1) is 7.11 Å². The number of halogens is 2. The molecule has 0 unspecified atom stereocenters. The van der Waals surface area contributed by atoms with Gasteiger partial charge in [0.15, 0.2) is 6.10 Å². The van der Waals surface area contributed by atoms with Crippen LogP contribution in [0.25, 0.3) is 0 Å². The second-order valence-corrected chi connectivity index (χ2v) is 5.20. The number of ketones is 1. The lowest BCUT2D eigenvalue weighted by molar-refractivity contribution is -0.0498. The number of phenols is 1. The highest BCUT2D eigenvalue weighted by Gasteiger charge is 2.22. The first-order valence-electron chi connectivity index (χ1n) is 7.49. The number of carbonyl (C=O) groups excluding carboxylic acids is 2. The summed E-state index contributed by atoms with van der Waals surface area (Å²) < 4.78 is 38.5. The van der Waals surface area contributed by atoms with Crippen LogP contribution in [0.3, 0.4) is 0 Å². The summed E-state index contributed by atoms with van der Waals surface area (Å²) in [5.74, 6) is -1.51. The van der Waals surface area contributed by atoms with E-state index in [1.165, 1.54) is 56.5 Å². The van der Waals surface area contributed by atoms with Crippen LogP contribution in [-0.2, 0) is 4.74 Å². The number of Topliss-reactive ketones (excluding diaryl/α,β-unsaturated/α-hetero) is 1. The summed E-state index contributed by atoms with van der Waals surface area (Å²) in [6.45, 7) is -1.60. The largest absolute Gasteiger partial charge is 0.507 e. The van der Waals surface area contributed by atoms with E-state index in [1.807, 2.05) is 0 Å². The van der Waals surface area contributed by atoms with Crippen LogP contribution in [0.2, 0.25) is 0 Å². The monoisotopic (exact) mass is 366 g/mol. The summed E-state index contributed by atoms with van der Waals surface area (Å²) >= 11 is 0. The zero-order valence-corrected chi connectivity index (χ0v) is 13.9. The molecule has 0 fully saturated rings.